The summed E-state index contributed by atoms with van der Waals surface area (Å²) in [4.78, 5) is 29.3. The van der Waals surface area contributed by atoms with Gasteiger partial charge in [0.1, 0.15) is 0 Å². The van der Waals surface area contributed by atoms with Gasteiger partial charge in [-0.2, -0.15) is 0 Å². The summed E-state index contributed by atoms with van der Waals surface area (Å²) in [5.74, 6) is 0.158. The number of rotatable bonds is 7. The van der Waals surface area contributed by atoms with Crippen LogP contribution in [0.5, 0.6) is 0 Å². The Balaban J connectivity index is 1.32. The fraction of sp³-hybridized carbons (Fsp3) is 0.440. The highest BCUT2D eigenvalue weighted by atomic mass is 16.2. The van der Waals surface area contributed by atoms with E-state index in [1.165, 1.54) is 11.1 Å². The zero-order valence-corrected chi connectivity index (χ0v) is 17.7. The van der Waals surface area contributed by atoms with Crippen LogP contribution < -0.4 is 5.32 Å². The van der Waals surface area contributed by atoms with Crippen molar-refractivity contribution in [2.24, 2.45) is 0 Å². The van der Waals surface area contributed by atoms with Crippen LogP contribution in [0.15, 0.2) is 54.6 Å². The minimum atomic E-state index is -0.146. The predicted molar refractivity (Wildman–Crippen MR) is 118 cm³/mol. The normalized spacial score (nSPS) is 17.7. The summed E-state index contributed by atoms with van der Waals surface area (Å²) >= 11 is 0. The minimum absolute atomic E-state index is 0.146. The lowest BCUT2D eigenvalue weighted by Gasteiger charge is -2.36. The maximum Gasteiger partial charge on any atom is 0.317 e. The van der Waals surface area contributed by atoms with Crippen LogP contribution in [0, 0.1) is 0 Å². The summed E-state index contributed by atoms with van der Waals surface area (Å²) in [6.45, 7) is 0.919. The number of nitrogens with zero attached hydrogens (tertiary/aromatic N) is 2. The van der Waals surface area contributed by atoms with Crippen LogP contribution in [-0.4, -0.2) is 41.4 Å². The van der Waals surface area contributed by atoms with E-state index in [1.807, 2.05) is 30.3 Å². The molecule has 5 nitrogen and oxygen atoms in total. The molecule has 2 aliphatic carbocycles. The third-order valence-electron chi connectivity index (χ3n) is 6.13. The first-order valence-electron chi connectivity index (χ1n) is 11.1. The lowest BCUT2D eigenvalue weighted by atomic mass is 9.86. The maximum absolute atomic E-state index is 13.1. The number of fused-ring (bicyclic) bond motifs is 1. The van der Waals surface area contributed by atoms with Gasteiger partial charge in [-0.3, -0.25) is 4.79 Å². The largest absolute Gasteiger partial charge is 0.337 e. The average Bonchev–Trinajstić information content (AvgIpc) is 3.60. The first-order valence-corrected chi connectivity index (χ1v) is 11.1. The van der Waals surface area contributed by atoms with Gasteiger partial charge in [0.05, 0.1) is 6.04 Å². The molecule has 1 unspecified atom stereocenters. The third-order valence-corrected chi connectivity index (χ3v) is 6.13. The van der Waals surface area contributed by atoms with Gasteiger partial charge in [-0.05, 0) is 48.8 Å². The van der Waals surface area contributed by atoms with Crippen molar-refractivity contribution >= 4 is 11.9 Å². The van der Waals surface area contributed by atoms with Crippen molar-refractivity contribution in [3.8, 4) is 0 Å². The van der Waals surface area contributed by atoms with E-state index in [1.54, 1.807) is 11.9 Å². The Hall–Kier alpha value is -2.82. The SMILES string of the molecule is CN(Cc1ccccc1)C(=O)NCCC(=O)N(C1CC1)C1CCCc2ccccc21. The van der Waals surface area contributed by atoms with E-state index in [2.05, 4.69) is 34.5 Å². The summed E-state index contributed by atoms with van der Waals surface area (Å²) in [7, 11) is 1.78. The molecule has 0 spiro atoms. The van der Waals surface area contributed by atoms with Crippen LogP contribution in [0.2, 0.25) is 0 Å². The van der Waals surface area contributed by atoms with E-state index in [4.69, 9.17) is 0 Å². The number of hydrogen-bond acceptors (Lipinski definition) is 2. The van der Waals surface area contributed by atoms with Gasteiger partial charge in [0, 0.05) is 32.6 Å². The third kappa shape index (κ3) is 4.84. The zero-order valence-electron chi connectivity index (χ0n) is 17.7. The molecule has 1 atom stereocenters. The molecule has 2 aromatic carbocycles. The molecule has 2 aromatic rings. The smallest absolute Gasteiger partial charge is 0.317 e. The Morgan fingerprint density at radius 1 is 1.00 bits per heavy atom. The standard InChI is InChI=1S/C25H31N3O2/c1-27(18-19-8-3-2-4-9-19)25(30)26-17-16-24(29)28(21-14-15-21)23-13-7-11-20-10-5-6-12-22(20)23/h2-6,8-10,12,21,23H,7,11,13-18H2,1H3,(H,26,30). The minimum Gasteiger partial charge on any atom is -0.337 e. The molecule has 2 aliphatic rings. The molecule has 5 heteroatoms. The van der Waals surface area contributed by atoms with Crippen molar-refractivity contribution in [1.82, 2.24) is 15.1 Å². The quantitative estimate of drug-likeness (QED) is 0.747. The molecule has 30 heavy (non-hydrogen) atoms. The summed E-state index contributed by atoms with van der Waals surface area (Å²) in [6, 6.07) is 18.9. The summed E-state index contributed by atoms with van der Waals surface area (Å²) < 4.78 is 0. The highest BCUT2D eigenvalue weighted by molar-refractivity contribution is 5.79. The van der Waals surface area contributed by atoms with E-state index in [-0.39, 0.29) is 18.0 Å². The Labute approximate surface area is 179 Å². The van der Waals surface area contributed by atoms with Crippen LogP contribution in [-0.2, 0) is 17.8 Å². The molecule has 0 aromatic heterocycles. The van der Waals surface area contributed by atoms with Gasteiger partial charge in [-0.25, -0.2) is 4.79 Å². The summed E-state index contributed by atoms with van der Waals surface area (Å²) in [6.07, 6.45) is 5.79. The molecule has 1 fully saturated rings. The van der Waals surface area contributed by atoms with Crippen LogP contribution in [0.25, 0.3) is 0 Å². The molecule has 0 saturated heterocycles. The van der Waals surface area contributed by atoms with E-state index >= 15 is 0 Å². The molecule has 0 aliphatic heterocycles. The Morgan fingerprint density at radius 3 is 2.50 bits per heavy atom. The topological polar surface area (TPSA) is 52.7 Å². The van der Waals surface area contributed by atoms with Gasteiger partial charge < -0.3 is 15.1 Å². The van der Waals surface area contributed by atoms with Crippen molar-refractivity contribution in [3.05, 3.63) is 71.3 Å². The van der Waals surface area contributed by atoms with Crippen LogP contribution in [0.1, 0.15) is 54.8 Å². The van der Waals surface area contributed by atoms with Gasteiger partial charge >= 0.3 is 6.03 Å². The molecular formula is C25H31N3O2. The fourth-order valence-electron chi connectivity index (χ4n) is 4.47. The van der Waals surface area contributed by atoms with Gasteiger partial charge in [-0.15, -0.1) is 0 Å². The molecule has 0 bridgehead atoms. The van der Waals surface area contributed by atoms with E-state index in [0.29, 0.717) is 25.6 Å². The van der Waals surface area contributed by atoms with E-state index in [9.17, 15) is 9.59 Å². The number of benzene rings is 2. The van der Waals surface area contributed by atoms with Crippen LogP contribution in [0.4, 0.5) is 4.79 Å². The van der Waals surface area contributed by atoms with E-state index < -0.39 is 0 Å². The van der Waals surface area contributed by atoms with Gasteiger partial charge in [0.25, 0.3) is 0 Å². The number of urea groups is 1. The Morgan fingerprint density at radius 2 is 1.73 bits per heavy atom. The number of hydrogen-bond donors (Lipinski definition) is 1. The fourth-order valence-corrected chi connectivity index (χ4v) is 4.47. The van der Waals surface area contributed by atoms with Crippen LogP contribution in [0.3, 0.4) is 0 Å². The number of aryl methyl sites for hydroxylation is 1. The van der Waals surface area contributed by atoms with Gasteiger partial charge in [0.15, 0.2) is 0 Å². The maximum atomic E-state index is 13.1. The van der Waals surface area contributed by atoms with E-state index in [0.717, 1.165) is 37.7 Å². The molecule has 0 radical (unpaired) electrons. The summed E-state index contributed by atoms with van der Waals surface area (Å²) in [5.41, 5.74) is 3.78. The first kappa shape index (κ1) is 20.5. The molecule has 0 heterocycles. The zero-order chi connectivity index (χ0) is 20.9. The van der Waals surface area contributed by atoms with Crippen molar-refractivity contribution in [3.63, 3.8) is 0 Å². The van der Waals surface area contributed by atoms with Gasteiger partial charge in [0.2, 0.25) is 5.91 Å². The van der Waals surface area contributed by atoms with Crippen molar-refractivity contribution in [2.75, 3.05) is 13.6 Å². The molecule has 4 rings (SSSR count). The predicted octanol–water partition coefficient (Wildman–Crippen LogP) is 4.29. The number of nitrogens with one attached hydrogen (secondary N) is 1. The van der Waals surface area contributed by atoms with Crippen molar-refractivity contribution < 1.29 is 9.59 Å². The van der Waals surface area contributed by atoms with Crippen LogP contribution >= 0.6 is 0 Å². The summed E-state index contributed by atoms with van der Waals surface area (Å²) in [5, 5.41) is 2.91. The lowest BCUT2D eigenvalue weighted by molar-refractivity contribution is -0.134. The Kier molecular flexibility index (Phi) is 6.36. The van der Waals surface area contributed by atoms with Gasteiger partial charge in [-0.1, -0.05) is 54.6 Å². The molecule has 3 amide bonds. The second-order valence-electron chi connectivity index (χ2n) is 8.46. The van der Waals surface area contributed by atoms with Crippen molar-refractivity contribution in [1.29, 1.82) is 0 Å². The molecular weight excluding hydrogens is 374 g/mol. The number of amides is 3. The molecule has 1 N–H and O–H groups in total. The lowest BCUT2D eigenvalue weighted by Crippen LogP contribution is -2.42. The number of carbonyl (C=O) groups is 2. The second-order valence-corrected chi connectivity index (χ2v) is 8.46. The Bertz CT molecular complexity index is 879. The highest BCUT2D eigenvalue weighted by Crippen LogP contribution is 2.41. The molecule has 158 valence electrons. The molecule has 1 saturated carbocycles. The second kappa shape index (κ2) is 9.33. The monoisotopic (exact) mass is 405 g/mol. The average molecular weight is 406 g/mol. The first-order chi connectivity index (χ1) is 14.6. The van der Waals surface area contributed by atoms with Crippen molar-refractivity contribution in [2.45, 2.75) is 57.2 Å². The number of carbonyl (C=O) groups excluding carboxylic acids is 2. The highest BCUT2D eigenvalue weighted by Gasteiger charge is 2.39.